The molecule has 0 bridgehead atoms. The molecule has 1 atom stereocenters. The number of carbonyl (C=O) groups is 1. The first-order chi connectivity index (χ1) is 12.0. The standard InChI is InChI=1S/C18H30N6O/c1-21-8-5-4-6-15(21)7-9-22(2)16-12-17(20-14-19-16)24-11-10-23(3)18(25)13-24/h12,14-15H,4-11,13H2,1-3H3. The van der Waals surface area contributed by atoms with E-state index >= 15 is 0 Å². The van der Waals surface area contributed by atoms with E-state index in [1.165, 1.54) is 25.8 Å². The number of carbonyl (C=O) groups excluding carboxylic acids is 1. The van der Waals surface area contributed by atoms with Crippen molar-refractivity contribution in [2.75, 3.05) is 63.7 Å². The Morgan fingerprint density at radius 2 is 2.04 bits per heavy atom. The van der Waals surface area contributed by atoms with Gasteiger partial charge in [0.2, 0.25) is 5.91 Å². The number of likely N-dealkylation sites (tertiary alicyclic amines) is 1. The summed E-state index contributed by atoms with van der Waals surface area (Å²) in [6.45, 7) is 4.14. The van der Waals surface area contributed by atoms with Crippen LogP contribution in [0.15, 0.2) is 12.4 Å². The zero-order valence-electron chi connectivity index (χ0n) is 15.7. The predicted octanol–water partition coefficient (Wildman–Crippen LogP) is 1.07. The molecular weight excluding hydrogens is 316 g/mol. The topological polar surface area (TPSA) is 55.8 Å². The van der Waals surface area contributed by atoms with E-state index in [1.54, 1.807) is 11.2 Å². The maximum atomic E-state index is 11.9. The van der Waals surface area contributed by atoms with Gasteiger partial charge in [-0.25, -0.2) is 9.97 Å². The molecule has 2 aliphatic heterocycles. The lowest BCUT2D eigenvalue weighted by molar-refractivity contribution is -0.129. The van der Waals surface area contributed by atoms with Gasteiger partial charge in [0.1, 0.15) is 18.0 Å². The van der Waals surface area contributed by atoms with E-state index < -0.39 is 0 Å². The lowest BCUT2D eigenvalue weighted by Gasteiger charge is -2.34. The van der Waals surface area contributed by atoms with E-state index in [2.05, 4.69) is 33.9 Å². The molecule has 138 valence electrons. The number of hydrogen-bond donors (Lipinski definition) is 0. The van der Waals surface area contributed by atoms with Crippen molar-refractivity contribution < 1.29 is 4.79 Å². The number of anilines is 2. The van der Waals surface area contributed by atoms with Crippen molar-refractivity contribution in [3.63, 3.8) is 0 Å². The van der Waals surface area contributed by atoms with Crippen LogP contribution in [0.3, 0.4) is 0 Å². The third-order valence-electron chi connectivity index (χ3n) is 5.53. The van der Waals surface area contributed by atoms with Crippen LogP contribution in [0.1, 0.15) is 25.7 Å². The Balaban J connectivity index is 1.59. The van der Waals surface area contributed by atoms with Crippen LogP contribution in [0.25, 0.3) is 0 Å². The third-order valence-corrected chi connectivity index (χ3v) is 5.53. The highest BCUT2D eigenvalue weighted by molar-refractivity contribution is 5.82. The number of aromatic nitrogens is 2. The lowest BCUT2D eigenvalue weighted by Crippen LogP contribution is -2.48. The number of hydrogen-bond acceptors (Lipinski definition) is 6. The molecule has 7 nitrogen and oxygen atoms in total. The summed E-state index contributed by atoms with van der Waals surface area (Å²) < 4.78 is 0. The molecule has 0 spiro atoms. The van der Waals surface area contributed by atoms with Crippen molar-refractivity contribution >= 4 is 17.5 Å². The molecule has 0 saturated carbocycles. The van der Waals surface area contributed by atoms with Crippen molar-refractivity contribution in [1.82, 2.24) is 19.8 Å². The quantitative estimate of drug-likeness (QED) is 0.795. The Bertz CT molecular complexity index is 595. The van der Waals surface area contributed by atoms with Crippen molar-refractivity contribution in [1.29, 1.82) is 0 Å². The Labute approximate surface area is 150 Å². The zero-order chi connectivity index (χ0) is 17.8. The molecule has 3 heterocycles. The largest absolute Gasteiger partial charge is 0.359 e. The summed E-state index contributed by atoms with van der Waals surface area (Å²) in [5, 5.41) is 0. The second-order valence-corrected chi connectivity index (χ2v) is 7.31. The van der Waals surface area contributed by atoms with E-state index in [4.69, 9.17) is 0 Å². The van der Waals surface area contributed by atoms with Gasteiger partial charge in [-0.1, -0.05) is 6.42 Å². The Morgan fingerprint density at radius 1 is 1.20 bits per heavy atom. The highest BCUT2D eigenvalue weighted by Crippen LogP contribution is 2.21. The van der Waals surface area contributed by atoms with Gasteiger partial charge in [0.25, 0.3) is 0 Å². The Kier molecular flexibility index (Phi) is 5.73. The van der Waals surface area contributed by atoms with Crippen LogP contribution in [-0.2, 0) is 4.79 Å². The third kappa shape index (κ3) is 4.39. The molecule has 0 aliphatic carbocycles. The maximum Gasteiger partial charge on any atom is 0.241 e. The molecule has 1 amide bonds. The summed E-state index contributed by atoms with van der Waals surface area (Å²) in [6.07, 6.45) is 6.72. The number of piperazine rings is 1. The number of likely N-dealkylation sites (N-methyl/N-ethyl adjacent to an activating group) is 1. The molecule has 2 fully saturated rings. The predicted molar refractivity (Wildman–Crippen MR) is 100 cm³/mol. The van der Waals surface area contributed by atoms with Gasteiger partial charge in [-0.2, -0.15) is 0 Å². The number of rotatable bonds is 5. The molecule has 25 heavy (non-hydrogen) atoms. The maximum absolute atomic E-state index is 11.9. The molecule has 1 aromatic heterocycles. The van der Waals surface area contributed by atoms with Crippen LogP contribution < -0.4 is 9.80 Å². The van der Waals surface area contributed by atoms with Crippen LogP contribution in [0.4, 0.5) is 11.6 Å². The van der Waals surface area contributed by atoms with E-state index in [0.717, 1.165) is 37.7 Å². The fourth-order valence-electron chi connectivity index (χ4n) is 3.64. The van der Waals surface area contributed by atoms with Crippen molar-refractivity contribution in [2.45, 2.75) is 31.7 Å². The highest BCUT2D eigenvalue weighted by Gasteiger charge is 2.23. The van der Waals surface area contributed by atoms with Crippen LogP contribution in [0.5, 0.6) is 0 Å². The Morgan fingerprint density at radius 3 is 2.80 bits per heavy atom. The molecule has 0 N–H and O–H groups in total. The first-order valence-corrected chi connectivity index (χ1v) is 9.27. The van der Waals surface area contributed by atoms with Gasteiger partial charge >= 0.3 is 0 Å². The second-order valence-electron chi connectivity index (χ2n) is 7.31. The number of amides is 1. The summed E-state index contributed by atoms with van der Waals surface area (Å²) in [5.74, 6) is 1.91. The van der Waals surface area contributed by atoms with E-state index in [-0.39, 0.29) is 5.91 Å². The molecule has 2 saturated heterocycles. The van der Waals surface area contributed by atoms with Crippen molar-refractivity contribution in [2.24, 2.45) is 0 Å². The van der Waals surface area contributed by atoms with Crippen LogP contribution in [-0.4, -0.2) is 85.6 Å². The van der Waals surface area contributed by atoms with E-state index in [0.29, 0.717) is 12.6 Å². The van der Waals surface area contributed by atoms with Gasteiger partial charge in [0.05, 0.1) is 6.54 Å². The van der Waals surface area contributed by atoms with Crippen LogP contribution in [0.2, 0.25) is 0 Å². The highest BCUT2D eigenvalue weighted by atomic mass is 16.2. The zero-order valence-corrected chi connectivity index (χ0v) is 15.7. The lowest BCUT2D eigenvalue weighted by atomic mass is 10.00. The van der Waals surface area contributed by atoms with Crippen LogP contribution >= 0.6 is 0 Å². The first-order valence-electron chi connectivity index (χ1n) is 9.27. The monoisotopic (exact) mass is 346 g/mol. The summed E-state index contributed by atoms with van der Waals surface area (Å²) in [7, 11) is 6.17. The van der Waals surface area contributed by atoms with Crippen LogP contribution in [0, 0.1) is 0 Å². The minimum absolute atomic E-state index is 0.139. The minimum Gasteiger partial charge on any atom is -0.359 e. The molecule has 3 rings (SSSR count). The van der Waals surface area contributed by atoms with Gasteiger partial charge in [-0.3, -0.25) is 4.79 Å². The smallest absolute Gasteiger partial charge is 0.241 e. The van der Waals surface area contributed by atoms with E-state index in [1.807, 2.05) is 18.0 Å². The average molecular weight is 346 g/mol. The Hall–Kier alpha value is -1.89. The molecule has 0 aromatic carbocycles. The van der Waals surface area contributed by atoms with Gasteiger partial charge in [0, 0.05) is 45.8 Å². The van der Waals surface area contributed by atoms with Gasteiger partial charge < -0.3 is 19.6 Å². The SMILES string of the molecule is CN1CCN(c2cc(N(C)CCC3CCCCN3C)ncn2)CC1=O. The molecule has 0 radical (unpaired) electrons. The molecule has 1 unspecified atom stereocenters. The molecule has 1 aromatic rings. The van der Waals surface area contributed by atoms with Gasteiger partial charge in [-0.05, 0) is 32.9 Å². The van der Waals surface area contributed by atoms with Gasteiger partial charge in [0.15, 0.2) is 0 Å². The van der Waals surface area contributed by atoms with E-state index in [9.17, 15) is 4.79 Å². The molecule has 7 heteroatoms. The minimum atomic E-state index is 0.139. The molecular formula is C18H30N6O. The number of piperidine rings is 1. The van der Waals surface area contributed by atoms with Crippen molar-refractivity contribution in [3.8, 4) is 0 Å². The summed E-state index contributed by atoms with van der Waals surface area (Å²) >= 11 is 0. The first kappa shape index (κ1) is 17.9. The second kappa shape index (κ2) is 7.99. The fraction of sp³-hybridized carbons (Fsp3) is 0.722. The number of nitrogens with zero attached hydrogens (tertiary/aromatic N) is 6. The summed E-state index contributed by atoms with van der Waals surface area (Å²) in [6, 6.07) is 2.68. The normalized spacial score (nSPS) is 22.4. The molecule has 2 aliphatic rings. The summed E-state index contributed by atoms with van der Waals surface area (Å²) in [4.78, 5) is 29.2. The fourth-order valence-corrected chi connectivity index (χ4v) is 3.64. The summed E-state index contributed by atoms with van der Waals surface area (Å²) in [5.41, 5.74) is 0. The average Bonchev–Trinajstić information content (AvgIpc) is 2.63. The van der Waals surface area contributed by atoms with Crippen molar-refractivity contribution in [3.05, 3.63) is 12.4 Å². The van der Waals surface area contributed by atoms with Gasteiger partial charge in [-0.15, -0.1) is 0 Å².